The number of ether oxygens (including phenoxy) is 1. The number of piperidine rings is 1. The highest BCUT2D eigenvalue weighted by molar-refractivity contribution is 5.94. The second kappa shape index (κ2) is 7.03. The molecule has 0 spiro atoms. The average Bonchev–Trinajstić information content (AvgIpc) is 3.16. The molecular formula is C19H21N5O2. The topological polar surface area (TPSA) is 71.8 Å². The van der Waals surface area contributed by atoms with Gasteiger partial charge in [0.1, 0.15) is 12.1 Å². The standard InChI is InChI=1S/C19H21N5O2/c1-26-17-5-3-2-4-16(17)23-10-8-15(9-11-23)21-19(25)14-6-7-18-22-20-13-24(18)12-14/h2-7,12-13,15H,8-11H2,1H3,(H,21,25). The molecule has 7 nitrogen and oxygen atoms in total. The molecule has 1 saturated heterocycles. The normalized spacial score (nSPS) is 15.2. The fourth-order valence-corrected chi connectivity index (χ4v) is 3.39. The third-order valence-electron chi connectivity index (χ3n) is 4.81. The number of nitrogens with one attached hydrogen (secondary N) is 1. The van der Waals surface area contributed by atoms with Gasteiger partial charge in [0.2, 0.25) is 0 Å². The molecule has 0 radical (unpaired) electrons. The van der Waals surface area contributed by atoms with E-state index < -0.39 is 0 Å². The van der Waals surface area contributed by atoms with Gasteiger partial charge in [-0.15, -0.1) is 10.2 Å². The number of nitrogens with zero attached hydrogens (tertiary/aromatic N) is 4. The van der Waals surface area contributed by atoms with Gasteiger partial charge in [0.05, 0.1) is 18.4 Å². The van der Waals surface area contributed by atoms with Crippen LogP contribution in [0.25, 0.3) is 5.65 Å². The highest BCUT2D eigenvalue weighted by atomic mass is 16.5. The number of anilines is 1. The first kappa shape index (κ1) is 16.4. The van der Waals surface area contributed by atoms with Crippen LogP contribution in [0.4, 0.5) is 5.69 Å². The first-order chi connectivity index (χ1) is 12.7. The van der Waals surface area contributed by atoms with Crippen LogP contribution < -0.4 is 15.0 Å². The van der Waals surface area contributed by atoms with Crippen LogP contribution in [-0.4, -0.2) is 46.7 Å². The zero-order valence-corrected chi connectivity index (χ0v) is 14.6. The van der Waals surface area contributed by atoms with Gasteiger partial charge in [0.15, 0.2) is 5.65 Å². The van der Waals surface area contributed by atoms with E-state index in [-0.39, 0.29) is 11.9 Å². The fourth-order valence-electron chi connectivity index (χ4n) is 3.39. The second-order valence-electron chi connectivity index (χ2n) is 6.42. The molecule has 1 aliphatic heterocycles. The Balaban J connectivity index is 1.38. The molecular weight excluding hydrogens is 330 g/mol. The molecule has 7 heteroatoms. The van der Waals surface area contributed by atoms with Crippen LogP contribution in [0, 0.1) is 0 Å². The van der Waals surface area contributed by atoms with E-state index in [0.29, 0.717) is 5.56 Å². The van der Waals surface area contributed by atoms with Crippen LogP contribution in [0.2, 0.25) is 0 Å². The highest BCUT2D eigenvalue weighted by Gasteiger charge is 2.23. The Labute approximate surface area is 151 Å². The minimum atomic E-state index is -0.0589. The number of hydrogen-bond acceptors (Lipinski definition) is 5. The minimum absolute atomic E-state index is 0.0589. The lowest BCUT2D eigenvalue weighted by molar-refractivity contribution is 0.0930. The second-order valence-corrected chi connectivity index (χ2v) is 6.42. The van der Waals surface area contributed by atoms with Gasteiger partial charge in [-0.1, -0.05) is 12.1 Å². The molecule has 0 unspecified atom stereocenters. The Kier molecular flexibility index (Phi) is 4.43. The monoisotopic (exact) mass is 351 g/mol. The predicted molar refractivity (Wildman–Crippen MR) is 98.7 cm³/mol. The average molecular weight is 351 g/mol. The van der Waals surface area contributed by atoms with Crippen LogP contribution >= 0.6 is 0 Å². The van der Waals surface area contributed by atoms with Crippen molar-refractivity contribution in [3.63, 3.8) is 0 Å². The number of carbonyl (C=O) groups is 1. The molecule has 134 valence electrons. The lowest BCUT2D eigenvalue weighted by Gasteiger charge is -2.34. The summed E-state index contributed by atoms with van der Waals surface area (Å²) in [6.45, 7) is 1.77. The smallest absolute Gasteiger partial charge is 0.253 e. The number of fused-ring (bicyclic) bond motifs is 1. The van der Waals surface area contributed by atoms with Crippen LogP contribution in [0.5, 0.6) is 5.75 Å². The van der Waals surface area contributed by atoms with Crippen LogP contribution in [-0.2, 0) is 0 Å². The quantitative estimate of drug-likeness (QED) is 0.780. The number of amides is 1. The van der Waals surface area contributed by atoms with Crippen molar-refractivity contribution in [2.45, 2.75) is 18.9 Å². The molecule has 1 N–H and O–H groups in total. The summed E-state index contributed by atoms with van der Waals surface area (Å²) in [4.78, 5) is 14.8. The molecule has 1 aromatic carbocycles. The van der Waals surface area contributed by atoms with E-state index in [2.05, 4.69) is 26.5 Å². The minimum Gasteiger partial charge on any atom is -0.495 e. The van der Waals surface area contributed by atoms with E-state index in [1.165, 1.54) is 0 Å². The summed E-state index contributed by atoms with van der Waals surface area (Å²) in [5, 5.41) is 10.9. The lowest BCUT2D eigenvalue weighted by Crippen LogP contribution is -2.44. The molecule has 3 aromatic rings. The number of carbonyl (C=O) groups excluding carboxylic acids is 1. The van der Waals surface area contributed by atoms with Gasteiger partial charge in [0, 0.05) is 25.3 Å². The number of aromatic nitrogens is 3. The zero-order valence-electron chi connectivity index (χ0n) is 14.6. The van der Waals surface area contributed by atoms with Crippen molar-refractivity contribution in [2.24, 2.45) is 0 Å². The number of hydrogen-bond donors (Lipinski definition) is 1. The molecule has 3 heterocycles. The summed E-state index contributed by atoms with van der Waals surface area (Å²) in [7, 11) is 1.69. The fraction of sp³-hybridized carbons (Fsp3) is 0.316. The Morgan fingerprint density at radius 2 is 2.00 bits per heavy atom. The molecule has 0 aliphatic carbocycles. The number of pyridine rings is 1. The number of methoxy groups -OCH3 is 1. The van der Waals surface area contributed by atoms with Crippen molar-refractivity contribution in [3.8, 4) is 5.75 Å². The molecule has 1 amide bonds. The maximum absolute atomic E-state index is 12.5. The highest BCUT2D eigenvalue weighted by Crippen LogP contribution is 2.29. The third-order valence-corrected chi connectivity index (χ3v) is 4.81. The Hall–Kier alpha value is -3.09. The van der Waals surface area contributed by atoms with Gasteiger partial charge in [-0.05, 0) is 37.1 Å². The summed E-state index contributed by atoms with van der Waals surface area (Å²) in [5.41, 5.74) is 2.45. The SMILES string of the molecule is COc1ccccc1N1CCC(NC(=O)c2ccc3nncn3c2)CC1. The number of para-hydroxylation sites is 2. The predicted octanol–water partition coefficient (Wildman–Crippen LogP) is 2.14. The molecule has 0 bridgehead atoms. The summed E-state index contributed by atoms with van der Waals surface area (Å²) in [6.07, 6.45) is 5.16. The first-order valence-corrected chi connectivity index (χ1v) is 8.73. The summed E-state index contributed by atoms with van der Waals surface area (Å²) in [6, 6.07) is 11.8. The maximum Gasteiger partial charge on any atom is 0.253 e. The van der Waals surface area contributed by atoms with Crippen LogP contribution in [0.1, 0.15) is 23.2 Å². The van der Waals surface area contributed by atoms with Crippen molar-refractivity contribution in [1.82, 2.24) is 19.9 Å². The van der Waals surface area contributed by atoms with Gasteiger partial charge in [-0.3, -0.25) is 9.20 Å². The van der Waals surface area contributed by atoms with E-state index in [1.807, 2.05) is 18.2 Å². The van der Waals surface area contributed by atoms with E-state index in [4.69, 9.17) is 4.74 Å². The summed E-state index contributed by atoms with van der Waals surface area (Å²) in [5.74, 6) is 0.827. The van der Waals surface area contributed by atoms with Crippen molar-refractivity contribution in [3.05, 3.63) is 54.5 Å². The van der Waals surface area contributed by atoms with E-state index >= 15 is 0 Å². The van der Waals surface area contributed by atoms with Crippen LogP contribution in [0.3, 0.4) is 0 Å². The van der Waals surface area contributed by atoms with Gasteiger partial charge in [-0.2, -0.15) is 0 Å². The molecule has 0 atom stereocenters. The van der Waals surface area contributed by atoms with Gasteiger partial charge in [-0.25, -0.2) is 0 Å². The van der Waals surface area contributed by atoms with Gasteiger partial charge >= 0.3 is 0 Å². The first-order valence-electron chi connectivity index (χ1n) is 8.73. The van der Waals surface area contributed by atoms with Crippen molar-refractivity contribution in [1.29, 1.82) is 0 Å². The lowest BCUT2D eigenvalue weighted by atomic mass is 10.0. The Morgan fingerprint density at radius 1 is 1.19 bits per heavy atom. The van der Waals surface area contributed by atoms with E-state index in [9.17, 15) is 4.79 Å². The maximum atomic E-state index is 12.5. The van der Waals surface area contributed by atoms with Gasteiger partial charge < -0.3 is 15.0 Å². The molecule has 1 aliphatic rings. The largest absolute Gasteiger partial charge is 0.495 e. The van der Waals surface area contributed by atoms with E-state index in [0.717, 1.165) is 43.0 Å². The van der Waals surface area contributed by atoms with Crippen molar-refractivity contribution < 1.29 is 9.53 Å². The number of rotatable bonds is 4. The van der Waals surface area contributed by atoms with Gasteiger partial charge in [0.25, 0.3) is 5.91 Å². The summed E-state index contributed by atoms with van der Waals surface area (Å²) >= 11 is 0. The van der Waals surface area contributed by atoms with Crippen LogP contribution in [0.15, 0.2) is 48.9 Å². The number of benzene rings is 1. The summed E-state index contributed by atoms with van der Waals surface area (Å²) < 4.78 is 7.20. The Morgan fingerprint density at radius 3 is 2.81 bits per heavy atom. The third kappa shape index (κ3) is 3.20. The molecule has 26 heavy (non-hydrogen) atoms. The molecule has 1 fully saturated rings. The molecule has 2 aromatic heterocycles. The van der Waals surface area contributed by atoms with E-state index in [1.54, 1.807) is 36.2 Å². The molecule has 0 saturated carbocycles. The molecule has 4 rings (SSSR count). The Bertz CT molecular complexity index is 915. The van der Waals surface area contributed by atoms with Crippen molar-refractivity contribution >= 4 is 17.2 Å². The zero-order chi connectivity index (χ0) is 17.9. The van der Waals surface area contributed by atoms with Crippen molar-refractivity contribution in [2.75, 3.05) is 25.1 Å².